The zero-order valence-electron chi connectivity index (χ0n) is 7.77. The predicted molar refractivity (Wildman–Crippen MR) is 52.0 cm³/mol. The van der Waals surface area contributed by atoms with Gasteiger partial charge >= 0.3 is 0 Å². The van der Waals surface area contributed by atoms with Gasteiger partial charge in [0.1, 0.15) is 0 Å². The Kier molecular flexibility index (Phi) is 1.95. The highest BCUT2D eigenvalue weighted by atomic mass is 32.2. The summed E-state index contributed by atoms with van der Waals surface area (Å²) in [5.41, 5.74) is 2.83. The van der Waals surface area contributed by atoms with Crippen LogP contribution in [0.2, 0.25) is 0 Å². The summed E-state index contributed by atoms with van der Waals surface area (Å²) in [5.74, 6) is 0. The molecule has 0 N–H and O–H groups in total. The van der Waals surface area contributed by atoms with Gasteiger partial charge in [0.25, 0.3) is 0 Å². The Labute approximate surface area is 80.4 Å². The van der Waals surface area contributed by atoms with Crippen molar-refractivity contribution in [3.8, 4) is 0 Å². The van der Waals surface area contributed by atoms with Gasteiger partial charge in [-0.05, 0) is 20.1 Å². The fraction of sp³-hybridized carbons (Fsp3) is 0.375. The fourth-order valence-corrected chi connectivity index (χ4v) is 1.80. The standard InChI is InChI=1S/C8H10N4S/c1-5-4-9-6(2)7-10-11-8(13-3)12(5)7/h4H,1-3H3. The third kappa shape index (κ3) is 1.19. The minimum absolute atomic E-state index is 0.851. The molecule has 0 saturated heterocycles. The average molecular weight is 194 g/mol. The third-order valence-corrected chi connectivity index (χ3v) is 2.57. The van der Waals surface area contributed by atoms with E-state index in [2.05, 4.69) is 15.2 Å². The molecule has 0 spiro atoms. The van der Waals surface area contributed by atoms with Gasteiger partial charge in [-0.15, -0.1) is 10.2 Å². The first-order chi connectivity index (χ1) is 6.24. The first kappa shape index (κ1) is 8.50. The van der Waals surface area contributed by atoms with Crippen molar-refractivity contribution >= 4 is 17.4 Å². The Hall–Kier alpha value is -1.10. The van der Waals surface area contributed by atoms with E-state index in [-0.39, 0.29) is 0 Å². The lowest BCUT2D eigenvalue weighted by Gasteiger charge is -2.01. The number of aromatic nitrogens is 4. The number of thioether (sulfide) groups is 1. The predicted octanol–water partition coefficient (Wildman–Crippen LogP) is 1.46. The van der Waals surface area contributed by atoms with E-state index in [1.54, 1.807) is 11.8 Å². The molecule has 0 atom stereocenters. The summed E-state index contributed by atoms with van der Waals surface area (Å²) in [5, 5.41) is 9.07. The average Bonchev–Trinajstić information content (AvgIpc) is 2.56. The van der Waals surface area contributed by atoms with Gasteiger partial charge in [-0.2, -0.15) is 0 Å². The highest BCUT2D eigenvalue weighted by Crippen LogP contribution is 2.16. The van der Waals surface area contributed by atoms with Crippen LogP contribution in [0.3, 0.4) is 0 Å². The molecule has 2 aromatic rings. The number of fused-ring (bicyclic) bond motifs is 1. The second-order valence-corrected chi connectivity index (χ2v) is 3.60. The zero-order valence-corrected chi connectivity index (χ0v) is 8.59. The van der Waals surface area contributed by atoms with Crippen molar-refractivity contribution in [1.82, 2.24) is 19.6 Å². The number of hydrogen-bond acceptors (Lipinski definition) is 4. The van der Waals surface area contributed by atoms with Crippen molar-refractivity contribution in [3.05, 3.63) is 17.6 Å². The molecule has 0 radical (unpaired) electrons. The largest absolute Gasteiger partial charge is 0.272 e. The Morgan fingerprint density at radius 3 is 2.77 bits per heavy atom. The molecule has 0 aliphatic rings. The lowest BCUT2D eigenvalue weighted by molar-refractivity contribution is 0.887. The van der Waals surface area contributed by atoms with Crippen molar-refractivity contribution < 1.29 is 0 Å². The van der Waals surface area contributed by atoms with E-state index in [1.165, 1.54) is 0 Å². The van der Waals surface area contributed by atoms with Gasteiger partial charge in [-0.1, -0.05) is 11.8 Å². The first-order valence-corrected chi connectivity index (χ1v) is 5.18. The minimum Gasteiger partial charge on any atom is -0.272 e. The second-order valence-electron chi connectivity index (χ2n) is 2.83. The number of nitrogens with zero attached hydrogens (tertiary/aromatic N) is 4. The molecule has 2 rings (SSSR count). The van der Waals surface area contributed by atoms with Crippen LogP contribution in [0.1, 0.15) is 11.4 Å². The van der Waals surface area contributed by atoms with Crippen molar-refractivity contribution in [2.24, 2.45) is 0 Å². The van der Waals surface area contributed by atoms with Gasteiger partial charge in [0, 0.05) is 11.9 Å². The van der Waals surface area contributed by atoms with Crippen LogP contribution in [-0.2, 0) is 0 Å². The molecule has 2 aromatic heterocycles. The van der Waals surface area contributed by atoms with E-state index < -0.39 is 0 Å². The lowest BCUT2D eigenvalue weighted by atomic mass is 10.4. The van der Waals surface area contributed by atoms with Crippen molar-refractivity contribution in [2.45, 2.75) is 19.0 Å². The van der Waals surface area contributed by atoms with Crippen LogP contribution in [0.5, 0.6) is 0 Å². The highest BCUT2D eigenvalue weighted by molar-refractivity contribution is 7.98. The van der Waals surface area contributed by atoms with Crippen LogP contribution in [0.25, 0.3) is 5.65 Å². The highest BCUT2D eigenvalue weighted by Gasteiger charge is 2.08. The summed E-state index contributed by atoms with van der Waals surface area (Å²) in [6.07, 6.45) is 3.83. The monoisotopic (exact) mass is 194 g/mol. The van der Waals surface area contributed by atoms with Gasteiger partial charge in [0.15, 0.2) is 10.8 Å². The summed E-state index contributed by atoms with van der Waals surface area (Å²) in [7, 11) is 0. The molecule has 0 aromatic carbocycles. The van der Waals surface area contributed by atoms with Crippen LogP contribution in [0, 0.1) is 13.8 Å². The third-order valence-electron chi connectivity index (χ3n) is 1.94. The van der Waals surface area contributed by atoms with E-state index in [0.717, 1.165) is 22.2 Å². The van der Waals surface area contributed by atoms with E-state index in [4.69, 9.17) is 0 Å². The SMILES string of the molecule is CSc1nnc2c(C)ncc(C)n12. The van der Waals surface area contributed by atoms with Gasteiger partial charge in [-0.3, -0.25) is 9.38 Å². The molecule has 0 aliphatic heterocycles. The Morgan fingerprint density at radius 2 is 2.08 bits per heavy atom. The van der Waals surface area contributed by atoms with Crippen LogP contribution >= 0.6 is 11.8 Å². The molecule has 0 saturated carbocycles. The maximum Gasteiger partial charge on any atom is 0.195 e. The number of aryl methyl sites for hydroxylation is 2. The van der Waals surface area contributed by atoms with Crippen molar-refractivity contribution in [3.63, 3.8) is 0 Å². The van der Waals surface area contributed by atoms with Crippen molar-refractivity contribution in [2.75, 3.05) is 6.26 Å². The summed E-state index contributed by atoms with van der Waals surface area (Å²) >= 11 is 1.59. The molecule has 0 unspecified atom stereocenters. The second kappa shape index (κ2) is 2.99. The summed E-state index contributed by atoms with van der Waals surface area (Å²) < 4.78 is 2.02. The molecule has 4 nitrogen and oxygen atoms in total. The Bertz CT molecular complexity index is 449. The molecule has 0 amide bonds. The zero-order chi connectivity index (χ0) is 9.42. The van der Waals surface area contributed by atoms with E-state index in [1.807, 2.05) is 30.7 Å². The van der Waals surface area contributed by atoms with E-state index in [9.17, 15) is 0 Å². The molecule has 5 heteroatoms. The summed E-state index contributed by atoms with van der Waals surface area (Å²) in [4.78, 5) is 4.22. The van der Waals surface area contributed by atoms with Gasteiger partial charge < -0.3 is 0 Å². The quantitative estimate of drug-likeness (QED) is 0.645. The Morgan fingerprint density at radius 1 is 1.31 bits per heavy atom. The van der Waals surface area contributed by atoms with Gasteiger partial charge in [0.05, 0.1) is 5.69 Å². The topological polar surface area (TPSA) is 43.1 Å². The lowest BCUT2D eigenvalue weighted by Crippen LogP contribution is -1.97. The fourth-order valence-electron chi connectivity index (χ4n) is 1.26. The van der Waals surface area contributed by atoms with Gasteiger partial charge in [-0.25, -0.2) is 0 Å². The molecule has 0 aliphatic carbocycles. The van der Waals surface area contributed by atoms with Gasteiger partial charge in [0.2, 0.25) is 0 Å². The molecule has 13 heavy (non-hydrogen) atoms. The van der Waals surface area contributed by atoms with Crippen LogP contribution in [0.15, 0.2) is 11.4 Å². The number of hydrogen-bond donors (Lipinski definition) is 0. The van der Waals surface area contributed by atoms with E-state index >= 15 is 0 Å². The minimum atomic E-state index is 0.851. The molecule has 0 fully saturated rings. The normalized spacial score (nSPS) is 11.0. The van der Waals surface area contributed by atoms with Crippen molar-refractivity contribution in [1.29, 1.82) is 0 Å². The smallest absolute Gasteiger partial charge is 0.195 e. The van der Waals surface area contributed by atoms with E-state index in [0.29, 0.717) is 0 Å². The maximum atomic E-state index is 4.22. The van der Waals surface area contributed by atoms with Crippen LogP contribution in [-0.4, -0.2) is 25.8 Å². The molecule has 0 bridgehead atoms. The number of rotatable bonds is 1. The molecular weight excluding hydrogens is 184 g/mol. The first-order valence-electron chi connectivity index (χ1n) is 3.95. The Balaban J connectivity index is 2.87. The van der Waals surface area contributed by atoms with Crippen LogP contribution < -0.4 is 0 Å². The molecule has 2 heterocycles. The van der Waals surface area contributed by atoms with Crippen LogP contribution in [0.4, 0.5) is 0 Å². The molecule has 68 valence electrons. The summed E-state index contributed by atoms with van der Waals surface area (Å²) in [6, 6.07) is 0. The molecular formula is C8H10N4S. The maximum absolute atomic E-state index is 4.22. The summed E-state index contributed by atoms with van der Waals surface area (Å²) in [6.45, 7) is 3.94.